The molecule has 23 heavy (non-hydrogen) atoms. The second-order valence-electron chi connectivity index (χ2n) is 5.87. The number of H-pyrrole nitrogens is 1. The van der Waals surface area contributed by atoms with Crippen molar-refractivity contribution in [2.45, 2.75) is 32.8 Å². The van der Waals surface area contributed by atoms with Crippen molar-refractivity contribution in [1.29, 1.82) is 0 Å². The summed E-state index contributed by atoms with van der Waals surface area (Å²) in [5.41, 5.74) is 2.37. The average molecular weight is 311 g/mol. The van der Waals surface area contributed by atoms with Crippen LogP contribution < -0.4 is 4.74 Å². The first-order valence-electron chi connectivity index (χ1n) is 7.76. The van der Waals surface area contributed by atoms with Gasteiger partial charge >= 0.3 is 0 Å². The summed E-state index contributed by atoms with van der Waals surface area (Å²) in [5.74, 6) is 1.35. The monoisotopic (exact) mass is 311 g/mol. The van der Waals surface area contributed by atoms with E-state index >= 15 is 0 Å². The first-order chi connectivity index (χ1) is 11.0. The maximum atomic E-state index is 10.9. The number of nitrogens with zero attached hydrogens (tertiary/aromatic N) is 2. The molecule has 5 nitrogen and oxygen atoms in total. The number of aromatic nitrogens is 3. The number of para-hydroxylation sites is 2. The standard InChI is InChI=1S/C18H21N3O2/c1-4-23-16-9-10-19-15(12(16)2)11-18(3,22)17-20-13-7-5-6-8-14(13)21-17/h5-10,22H,4,11H2,1-3H3,(H,20,21). The van der Waals surface area contributed by atoms with Crippen molar-refractivity contribution in [3.8, 4) is 5.75 Å². The molecule has 0 aliphatic rings. The number of hydrogen-bond donors (Lipinski definition) is 2. The van der Waals surface area contributed by atoms with E-state index in [2.05, 4.69) is 15.0 Å². The lowest BCUT2D eigenvalue weighted by Gasteiger charge is -2.22. The van der Waals surface area contributed by atoms with Crippen LogP contribution in [0.1, 0.15) is 30.9 Å². The van der Waals surface area contributed by atoms with Gasteiger partial charge in [-0.05, 0) is 39.0 Å². The second kappa shape index (κ2) is 6.01. The van der Waals surface area contributed by atoms with Crippen LogP contribution in [0, 0.1) is 6.92 Å². The van der Waals surface area contributed by atoms with Gasteiger partial charge in [0.15, 0.2) is 0 Å². The van der Waals surface area contributed by atoms with Gasteiger partial charge < -0.3 is 14.8 Å². The van der Waals surface area contributed by atoms with Gasteiger partial charge in [-0.1, -0.05) is 12.1 Å². The summed E-state index contributed by atoms with van der Waals surface area (Å²) in [6, 6.07) is 9.58. The van der Waals surface area contributed by atoms with Crippen LogP contribution in [0.15, 0.2) is 36.5 Å². The first kappa shape index (κ1) is 15.5. The van der Waals surface area contributed by atoms with Gasteiger partial charge in [0.2, 0.25) is 0 Å². The van der Waals surface area contributed by atoms with Gasteiger partial charge in [-0.15, -0.1) is 0 Å². The number of benzene rings is 1. The number of rotatable bonds is 5. The summed E-state index contributed by atoms with van der Waals surface area (Å²) in [6.45, 7) is 6.26. The van der Waals surface area contributed by atoms with E-state index in [1.165, 1.54) is 0 Å². The molecular weight excluding hydrogens is 290 g/mol. The molecule has 0 spiro atoms. The molecule has 0 bridgehead atoms. The first-order valence-corrected chi connectivity index (χ1v) is 7.76. The zero-order valence-corrected chi connectivity index (χ0v) is 13.6. The topological polar surface area (TPSA) is 71.0 Å². The SMILES string of the molecule is CCOc1ccnc(CC(C)(O)c2nc3ccccc3[nH]2)c1C. The summed E-state index contributed by atoms with van der Waals surface area (Å²) >= 11 is 0. The Hall–Kier alpha value is -2.40. The third-order valence-corrected chi connectivity index (χ3v) is 3.97. The van der Waals surface area contributed by atoms with Crippen molar-refractivity contribution in [3.05, 3.63) is 53.6 Å². The fourth-order valence-corrected chi connectivity index (χ4v) is 2.67. The molecule has 0 fully saturated rings. The molecule has 0 aliphatic carbocycles. The maximum Gasteiger partial charge on any atom is 0.139 e. The van der Waals surface area contributed by atoms with Crippen molar-refractivity contribution in [2.75, 3.05) is 6.61 Å². The van der Waals surface area contributed by atoms with Crippen molar-refractivity contribution >= 4 is 11.0 Å². The zero-order valence-electron chi connectivity index (χ0n) is 13.6. The zero-order chi connectivity index (χ0) is 16.4. The molecule has 1 atom stereocenters. The highest BCUT2D eigenvalue weighted by atomic mass is 16.5. The highest BCUT2D eigenvalue weighted by molar-refractivity contribution is 5.74. The van der Waals surface area contributed by atoms with E-state index in [1.807, 2.05) is 44.2 Å². The number of fused-ring (bicyclic) bond motifs is 1. The molecule has 0 radical (unpaired) electrons. The van der Waals surface area contributed by atoms with Gasteiger partial charge in [0.1, 0.15) is 17.2 Å². The Labute approximate surface area is 135 Å². The molecule has 120 valence electrons. The largest absolute Gasteiger partial charge is 0.493 e. The van der Waals surface area contributed by atoms with Crippen LogP contribution in [0.3, 0.4) is 0 Å². The number of hydrogen-bond acceptors (Lipinski definition) is 4. The number of nitrogens with one attached hydrogen (secondary N) is 1. The molecule has 0 amide bonds. The van der Waals surface area contributed by atoms with Gasteiger partial charge in [-0.3, -0.25) is 4.98 Å². The van der Waals surface area contributed by atoms with Crippen LogP contribution in [0.25, 0.3) is 11.0 Å². The van der Waals surface area contributed by atoms with Crippen LogP contribution in [-0.4, -0.2) is 26.7 Å². The maximum absolute atomic E-state index is 10.9. The molecular formula is C18H21N3O2. The van der Waals surface area contributed by atoms with E-state index in [-0.39, 0.29) is 0 Å². The van der Waals surface area contributed by atoms with Crippen LogP contribution in [0.5, 0.6) is 5.75 Å². The van der Waals surface area contributed by atoms with E-state index < -0.39 is 5.60 Å². The highest BCUT2D eigenvalue weighted by Crippen LogP contribution is 2.28. The van der Waals surface area contributed by atoms with Gasteiger partial charge in [-0.2, -0.15) is 0 Å². The number of ether oxygens (including phenoxy) is 1. The van der Waals surface area contributed by atoms with Crippen LogP contribution in [0.2, 0.25) is 0 Å². The molecule has 0 saturated carbocycles. The summed E-state index contributed by atoms with van der Waals surface area (Å²) in [6.07, 6.45) is 2.07. The number of aliphatic hydroxyl groups is 1. The van der Waals surface area contributed by atoms with E-state index in [1.54, 1.807) is 13.1 Å². The van der Waals surface area contributed by atoms with Crippen molar-refractivity contribution in [3.63, 3.8) is 0 Å². The number of imidazole rings is 1. The molecule has 2 N–H and O–H groups in total. The normalized spacial score (nSPS) is 13.9. The van der Waals surface area contributed by atoms with Gasteiger partial charge in [0, 0.05) is 18.2 Å². The van der Waals surface area contributed by atoms with E-state index in [0.717, 1.165) is 28.0 Å². The summed E-state index contributed by atoms with van der Waals surface area (Å²) in [5, 5.41) is 10.9. The van der Waals surface area contributed by atoms with Gasteiger partial charge in [0.05, 0.1) is 23.3 Å². The lowest BCUT2D eigenvalue weighted by atomic mass is 9.96. The summed E-state index contributed by atoms with van der Waals surface area (Å²) in [7, 11) is 0. The molecule has 1 aromatic carbocycles. The Balaban J connectivity index is 1.93. The van der Waals surface area contributed by atoms with E-state index in [0.29, 0.717) is 18.9 Å². The minimum Gasteiger partial charge on any atom is -0.493 e. The summed E-state index contributed by atoms with van der Waals surface area (Å²) < 4.78 is 5.60. The van der Waals surface area contributed by atoms with E-state index in [9.17, 15) is 5.11 Å². The van der Waals surface area contributed by atoms with Crippen LogP contribution >= 0.6 is 0 Å². The molecule has 0 aliphatic heterocycles. The minimum absolute atomic E-state index is 0.361. The predicted octanol–water partition coefficient (Wildman–Crippen LogP) is 3.12. The third-order valence-electron chi connectivity index (χ3n) is 3.97. The Morgan fingerprint density at radius 3 is 2.78 bits per heavy atom. The quantitative estimate of drug-likeness (QED) is 0.759. The smallest absolute Gasteiger partial charge is 0.139 e. The Morgan fingerprint density at radius 2 is 2.04 bits per heavy atom. The Kier molecular flexibility index (Phi) is 4.05. The fourth-order valence-electron chi connectivity index (χ4n) is 2.67. The average Bonchev–Trinajstić information content (AvgIpc) is 2.96. The Bertz CT molecular complexity index is 791. The lowest BCUT2D eigenvalue weighted by molar-refractivity contribution is 0.0480. The molecule has 2 aromatic heterocycles. The predicted molar refractivity (Wildman–Crippen MR) is 89.5 cm³/mol. The van der Waals surface area contributed by atoms with E-state index in [4.69, 9.17) is 4.74 Å². The third kappa shape index (κ3) is 3.05. The second-order valence-corrected chi connectivity index (χ2v) is 5.87. The fraction of sp³-hybridized carbons (Fsp3) is 0.333. The minimum atomic E-state index is -1.14. The number of aromatic amines is 1. The molecule has 3 aromatic rings. The highest BCUT2D eigenvalue weighted by Gasteiger charge is 2.29. The molecule has 1 unspecified atom stereocenters. The van der Waals surface area contributed by atoms with Crippen LogP contribution in [0.4, 0.5) is 0 Å². The van der Waals surface area contributed by atoms with Gasteiger partial charge in [-0.25, -0.2) is 4.98 Å². The number of pyridine rings is 1. The molecule has 2 heterocycles. The van der Waals surface area contributed by atoms with Crippen molar-refractivity contribution in [2.24, 2.45) is 0 Å². The molecule has 3 rings (SSSR count). The summed E-state index contributed by atoms with van der Waals surface area (Å²) in [4.78, 5) is 12.1. The van der Waals surface area contributed by atoms with Crippen molar-refractivity contribution < 1.29 is 9.84 Å². The lowest BCUT2D eigenvalue weighted by Crippen LogP contribution is -2.27. The van der Waals surface area contributed by atoms with Crippen molar-refractivity contribution in [1.82, 2.24) is 15.0 Å². The van der Waals surface area contributed by atoms with Crippen LogP contribution in [-0.2, 0) is 12.0 Å². The molecule has 5 heteroatoms. The Morgan fingerprint density at radius 1 is 1.26 bits per heavy atom. The molecule has 0 saturated heterocycles. The van der Waals surface area contributed by atoms with Gasteiger partial charge in [0.25, 0.3) is 0 Å².